The largest absolute Gasteiger partial charge is 0.468 e. The highest BCUT2D eigenvalue weighted by molar-refractivity contribution is 6.03. The molecule has 3 atom stereocenters. The minimum absolute atomic E-state index is 0.0391. The lowest BCUT2D eigenvalue weighted by Crippen LogP contribution is -2.59. The molecule has 2 amide bonds. The molecule has 2 N–H and O–H groups in total. The van der Waals surface area contributed by atoms with Gasteiger partial charge in [-0.15, -0.1) is 0 Å². The van der Waals surface area contributed by atoms with Crippen LogP contribution in [0.5, 0.6) is 0 Å². The van der Waals surface area contributed by atoms with E-state index in [0.29, 0.717) is 17.8 Å². The molecule has 0 radical (unpaired) electrons. The van der Waals surface area contributed by atoms with E-state index in [4.69, 9.17) is 9.47 Å². The average molecular weight is 624 g/mol. The molecule has 4 aromatic rings. The lowest BCUT2D eigenvalue weighted by Gasteiger charge is -2.37. The van der Waals surface area contributed by atoms with E-state index in [2.05, 4.69) is 20.7 Å². The van der Waals surface area contributed by atoms with Crippen LogP contribution in [0.1, 0.15) is 54.2 Å². The molecule has 1 fully saturated rings. The molecule has 1 aliphatic rings. The number of imidazole rings is 1. The Bertz CT molecular complexity index is 1670. The lowest BCUT2D eigenvalue weighted by molar-refractivity contribution is -0.172. The summed E-state index contributed by atoms with van der Waals surface area (Å²) < 4.78 is 54.2. The van der Waals surface area contributed by atoms with Crippen LogP contribution < -0.4 is 10.6 Å². The highest BCUT2D eigenvalue weighted by Gasteiger charge is 2.57. The van der Waals surface area contributed by atoms with E-state index < -0.39 is 60.6 Å². The number of nitrogens with one attached hydrogen (secondary N) is 2. The third kappa shape index (κ3) is 6.92. The number of nitrogens with zero attached hydrogens (tertiary/aromatic N) is 3. The number of ether oxygens (including phenoxy) is 2. The zero-order valence-electron chi connectivity index (χ0n) is 24.6. The van der Waals surface area contributed by atoms with Crippen LogP contribution >= 0.6 is 0 Å². The Kier molecular flexibility index (Phi) is 9.07. The van der Waals surface area contributed by atoms with Crippen molar-refractivity contribution >= 4 is 23.6 Å². The lowest BCUT2D eigenvalue weighted by atomic mass is 9.74. The molecule has 10 nitrogen and oxygen atoms in total. The summed E-state index contributed by atoms with van der Waals surface area (Å²) in [5.74, 6) is -6.03. The molecule has 0 bridgehead atoms. The number of alkyl halides is 2. The number of carbonyl (C=O) groups excluding carboxylic acids is 3. The third-order valence-electron chi connectivity index (χ3n) is 7.90. The Labute approximate surface area is 256 Å². The second-order valence-electron chi connectivity index (χ2n) is 11.0. The number of methoxy groups -OCH3 is 1. The Morgan fingerprint density at radius 2 is 1.82 bits per heavy atom. The van der Waals surface area contributed by atoms with Gasteiger partial charge in [0.2, 0.25) is 5.91 Å². The van der Waals surface area contributed by atoms with Crippen LogP contribution in [-0.2, 0) is 32.1 Å². The Morgan fingerprint density at radius 1 is 1.09 bits per heavy atom. The van der Waals surface area contributed by atoms with E-state index >= 15 is 0 Å². The van der Waals surface area contributed by atoms with Gasteiger partial charge in [0.1, 0.15) is 12.4 Å². The van der Waals surface area contributed by atoms with Crippen LogP contribution in [-0.4, -0.2) is 52.1 Å². The van der Waals surface area contributed by atoms with Crippen molar-refractivity contribution in [1.29, 1.82) is 0 Å². The summed E-state index contributed by atoms with van der Waals surface area (Å²) in [6, 6.07) is 17.4. The molecule has 2 aromatic carbocycles. The number of benzene rings is 2. The van der Waals surface area contributed by atoms with Crippen LogP contribution in [0.4, 0.5) is 18.0 Å². The quantitative estimate of drug-likeness (QED) is 0.191. The van der Waals surface area contributed by atoms with E-state index in [-0.39, 0.29) is 18.2 Å². The third-order valence-corrected chi connectivity index (χ3v) is 7.90. The monoisotopic (exact) mass is 623 g/mol. The van der Waals surface area contributed by atoms with Crippen molar-refractivity contribution in [1.82, 2.24) is 25.2 Å². The SMILES string of the molecule is CCC(c1ccc(F)cc1)C(NC(=O)OCc1ccccc1)c1cn2nc(CC3(C(=O)OC)CC(F)(F)CNC3=O)ccc2n1. The number of rotatable bonds is 10. The number of amides is 2. The summed E-state index contributed by atoms with van der Waals surface area (Å²) >= 11 is 0. The Hall–Kier alpha value is -4.94. The summed E-state index contributed by atoms with van der Waals surface area (Å²) in [4.78, 5) is 43.2. The molecule has 13 heteroatoms. The number of fused-ring (bicyclic) bond motifs is 1. The molecular formula is C32H32F3N5O5. The first-order valence-corrected chi connectivity index (χ1v) is 14.4. The van der Waals surface area contributed by atoms with Crippen molar-refractivity contribution in [3.63, 3.8) is 0 Å². The van der Waals surface area contributed by atoms with Crippen LogP contribution in [0, 0.1) is 11.2 Å². The number of hydrogen-bond donors (Lipinski definition) is 2. The van der Waals surface area contributed by atoms with Crippen molar-refractivity contribution in [2.45, 2.75) is 50.7 Å². The molecular weight excluding hydrogens is 591 g/mol. The normalized spacial score (nSPS) is 18.9. The number of carbonyl (C=O) groups is 3. The summed E-state index contributed by atoms with van der Waals surface area (Å²) in [5, 5.41) is 9.48. The number of aromatic nitrogens is 3. The Morgan fingerprint density at radius 3 is 2.51 bits per heavy atom. The smallest absolute Gasteiger partial charge is 0.408 e. The molecule has 45 heavy (non-hydrogen) atoms. The molecule has 2 aromatic heterocycles. The molecule has 3 unspecified atom stereocenters. The number of piperidine rings is 1. The first-order chi connectivity index (χ1) is 21.5. The molecule has 1 aliphatic heterocycles. The summed E-state index contributed by atoms with van der Waals surface area (Å²) in [7, 11) is 1.03. The maximum absolute atomic E-state index is 14.4. The summed E-state index contributed by atoms with van der Waals surface area (Å²) in [6.07, 6.45) is -0.0642. The van der Waals surface area contributed by atoms with Gasteiger partial charge in [-0.2, -0.15) is 5.10 Å². The molecule has 1 saturated heterocycles. The Balaban J connectivity index is 1.47. The summed E-state index contributed by atoms with van der Waals surface area (Å²) in [5.41, 5.74) is 0.302. The van der Waals surface area contributed by atoms with Crippen molar-refractivity contribution < 1.29 is 37.0 Å². The molecule has 236 valence electrons. The first-order valence-electron chi connectivity index (χ1n) is 14.4. The van der Waals surface area contributed by atoms with Crippen molar-refractivity contribution in [3.8, 4) is 0 Å². The van der Waals surface area contributed by atoms with Gasteiger partial charge in [0.25, 0.3) is 5.92 Å². The van der Waals surface area contributed by atoms with Crippen LogP contribution in [0.15, 0.2) is 72.9 Å². The van der Waals surface area contributed by atoms with Gasteiger partial charge in [0, 0.05) is 18.8 Å². The fourth-order valence-electron chi connectivity index (χ4n) is 5.68. The maximum atomic E-state index is 14.4. The molecule has 0 spiro atoms. The van der Waals surface area contributed by atoms with Gasteiger partial charge in [0.05, 0.1) is 37.3 Å². The van der Waals surface area contributed by atoms with Crippen LogP contribution in [0.2, 0.25) is 0 Å². The van der Waals surface area contributed by atoms with Gasteiger partial charge in [-0.05, 0) is 41.8 Å². The molecule has 5 rings (SSSR count). The molecule has 0 saturated carbocycles. The van der Waals surface area contributed by atoms with Gasteiger partial charge in [-0.1, -0.05) is 49.4 Å². The number of hydrogen-bond acceptors (Lipinski definition) is 7. The second-order valence-corrected chi connectivity index (χ2v) is 11.0. The molecule has 0 aliphatic carbocycles. The minimum atomic E-state index is -3.32. The number of alkyl carbamates (subject to hydrolysis) is 1. The van der Waals surface area contributed by atoms with Crippen LogP contribution in [0.3, 0.4) is 0 Å². The van der Waals surface area contributed by atoms with Crippen LogP contribution in [0.25, 0.3) is 5.65 Å². The van der Waals surface area contributed by atoms with E-state index in [9.17, 15) is 27.6 Å². The predicted octanol–water partition coefficient (Wildman–Crippen LogP) is 4.89. The van der Waals surface area contributed by atoms with E-state index in [1.165, 1.54) is 22.7 Å². The fourth-order valence-corrected chi connectivity index (χ4v) is 5.68. The predicted molar refractivity (Wildman–Crippen MR) is 156 cm³/mol. The molecule has 3 heterocycles. The minimum Gasteiger partial charge on any atom is -0.468 e. The van der Waals surface area contributed by atoms with Gasteiger partial charge in [0.15, 0.2) is 11.1 Å². The van der Waals surface area contributed by atoms with E-state index in [0.717, 1.165) is 18.2 Å². The van der Waals surface area contributed by atoms with Crippen molar-refractivity contribution in [2.75, 3.05) is 13.7 Å². The van der Waals surface area contributed by atoms with Crippen molar-refractivity contribution in [2.24, 2.45) is 5.41 Å². The topological polar surface area (TPSA) is 124 Å². The van der Waals surface area contributed by atoms with E-state index in [1.807, 2.05) is 37.3 Å². The second kappa shape index (κ2) is 13.0. The number of halogens is 3. The standard InChI is InChI=1S/C32H32F3N5O5/c1-3-24(21-9-11-22(33)12-10-21)27(38-30(43)45-17-20-7-5-4-6-8-20)25-16-40-26(37-25)14-13-23(39-40)15-31(29(42)44-2)18-32(34,35)19-36-28(31)41/h4-14,16,24,27H,3,15,17-19H2,1-2H3,(H,36,41)(H,38,43). The summed E-state index contributed by atoms with van der Waals surface area (Å²) in [6.45, 7) is 1.08. The number of esters is 1. The fraction of sp³-hybridized carbons (Fsp3) is 0.344. The zero-order valence-corrected chi connectivity index (χ0v) is 24.6. The van der Waals surface area contributed by atoms with Gasteiger partial charge in [-0.25, -0.2) is 27.5 Å². The van der Waals surface area contributed by atoms with Gasteiger partial charge >= 0.3 is 12.1 Å². The average Bonchev–Trinajstić information content (AvgIpc) is 3.46. The van der Waals surface area contributed by atoms with Crippen molar-refractivity contribution in [3.05, 3.63) is 101 Å². The highest BCUT2D eigenvalue weighted by atomic mass is 19.3. The maximum Gasteiger partial charge on any atom is 0.408 e. The van der Waals surface area contributed by atoms with Gasteiger partial charge in [-0.3, -0.25) is 9.59 Å². The first kappa shape index (κ1) is 31.5. The zero-order chi connectivity index (χ0) is 32.2. The highest BCUT2D eigenvalue weighted by Crippen LogP contribution is 2.40. The van der Waals surface area contributed by atoms with Gasteiger partial charge < -0.3 is 20.1 Å². The van der Waals surface area contributed by atoms with E-state index in [1.54, 1.807) is 24.4 Å².